The van der Waals surface area contributed by atoms with Crippen molar-refractivity contribution < 1.29 is 14.3 Å². The second-order valence-electron chi connectivity index (χ2n) is 4.42. The molecular formula is C15H14N2O3S2. The lowest BCUT2D eigenvalue weighted by molar-refractivity contribution is -0.123. The molecule has 114 valence electrons. The molecule has 0 saturated carbocycles. The van der Waals surface area contributed by atoms with Crippen LogP contribution in [0, 0.1) is 0 Å². The zero-order chi connectivity index (χ0) is 16.1. The van der Waals surface area contributed by atoms with Gasteiger partial charge in [0.1, 0.15) is 0 Å². The summed E-state index contributed by atoms with van der Waals surface area (Å²) in [5.74, 6) is -0.374. The quantitative estimate of drug-likeness (QED) is 0.680. The monoisotopic (exact) mass is 334 g/mol. The van der Waals surface area contributed by atoms with Gasteiger partial charge in [-0.2, -0.15) is 5.01 Å². The van der Waals surface area contributed by atoms with Crippen molar-refractivity contribution in [3.05, 3.63) is 52.4 Å². The minimum Gasteiger partial charge on any atom is -0.452 e. The van der Waals surface area contributed by atoms with Gasteiger partial charge in [0.25, 0.3) is 5.91 Å². The third-order valence-electron chi connectivity index (χ3n) is 2.73. The first kappa shape index (κ1) is 16.3. The number of allylic oxidation sites excluding steroid dienone is 2. The Kier molecular flexibility index (Phi) is 5.35. The standard InChI is InChI=1S/C15H14N2O3S2/c1-10(8-11-6-4-3-5-7-11)9-12-13(18)17(15(21)22-12)16-14(19)20-2/h3-9H,1-2H3,(H,16,19)/b10-8+,12-9-. The fourth-order valence-electron chi connectivity index (χ4n) is 1.76. The van der Waals surface area contributed by atoms with E-state index >= 15 is 0 Å². The molecule has 0 atom stereocenters. The van der Waals surface area contributed by atoms with Gasteiger partial charge in [-0.25, -0.2) is 10.2 Å². The van der Waals surface area contributed by atoms with Gasteiger partial charge in [0.2, 0.25) is 0 Å². The summed E-state index contributed by atoms with van der Waals surface area (Å²) in [6.45, 7) is 1.90. The van der Waals surface area contributed by atoms with Gasteiger partial charge < -0.3 is 4.74 Å². The first-order valence-corrected chi connectivity index (χ1v) is 7.59. The van der Waals surface area contributed by atoms with Crippen molar-refractivity contribution in [2.75, 3.05) is 7.11 Å². The lowest BCUT2D eigenvalue weighted by Gasteiger charge is -2.13. The van der Waals surface area contributed by atoms with Crippen molar-refractivity contribution in [1.82, 2.24) is 10.4 Å². The molecule has 1 fully saturated rings. The average molecular weight is 334 g/mol. The Morgan fingerprint density at radius 2 is 2.05 bits per heavy atom. The smallest absolute Gasteiger partial charge is 0.426 e. The van der Waals surface area contributed by atoms with Crippen molar-refractivity contribution in [3.8, 4) is 0 Å². The molecule has 1 aliphatic heterocycles. The lowest BCUT2D eigenvalue weighted by atomic mass is 10.1. The predicted molar refractivity (Wildman–Crippen MR) is 90.8 cm³/mol. The molecular weight excluding hydrogens is 320 g/mol. The number of thiocarbonyl (C=S) groups is 1. The first-order chi connectivity index (χ1) is 10.5. The van der Waals surface area contributed by atoms with Crippen LogP contribution in [-0.2, 0) is 9.53 Å². The SMILES string of the molecule is COC(=O)NN1C(=O)/C(=C/C(C)=C/c2ccccc2)SC1=S. The summed E-state index contributed by atoms with van der Waals surface area (Å²) < 4.78 is 4.72. The predicted octanol–water partition coefficient (Wildman–Crippen LogP) is 3.11. The average Bonchev–Trinajstić information content (AvgIpc) is 2.75. The van der Waals surface area contributed by atoms with Gasteiger partial charge in [-0.3, -0.25) is 4.79 Å². The highest BCUT2D eigenvalue weighted by Crippen LogP contribution is 2.30. The Hall–Kier alpha value is -2.12. The van der Waals surface area contributed by atoms with Crippen LogP contribution < -0.4 is 5.43 Å². The summed E-state index contributed by atoms with van der Waals surface area (Å²) in [6.07, 6.45) is 2.96. The molecule has 1 aromatic carbocycles. The van der Waals surface area contributed by atoms with E-state index < -0.39 is 6.09 Å². The molecule has 0 radical (unpaired) electrons. The van der Waals surface area contributed by atoms with E-state index in [1.165, 1.54) is 7.11 Å². The number of nitrogens with zero attached hydrogens (tertiary/aromatic N) is 1. The maximum atomic E-state index is 12.2. The Morgan fingerprint density at radius 1 is 1.36 bits per heavy atom. The number of methoxy groups -OCH3 is 1. The van der Waals surface area contributed by atoms with Crippen LogP contribution in [0.25, 0.3) is 6.08 Å². The maximum Gasteiger partial charge on any atom is 0.426 e. The summed E-state index contributed by atoms with van der Waals surface area (Å²) >= 11 is 6.21. The second kappa shape index (κ2) is 7.24. The molecule has 0 bridgehead atoms. The van der Waals surface area contributed by atoms with Gasteiger partial charge in [-0.15, -0.1) is 0 Å². The lowest BCUT2D eigenvalue weighted by Crippen LogP contribution is -2.44. The highest BCUT2D eigenvalue weighted by molar-refractivity contribution is 8.26. The number of carbonyl (C=O) groups excluding carboxylic acids is 2. The summed E-state index contributed by atoms with van der Waals surface area (Å²) in [6, 6.07) is 9.77. The number of thioether (sulfide) groups is 1. The van der Waals surface area contributed by atoms with Crippen LogP contribution in [0.1, 0.15) is 12.5 Å². The van der Waals surface area contributed by atoms with Gasteiger partial charge in [0.05, 0.1) is 12.0 Å². The van der Waals surface area contributed by atoms with E-state index in [2.05, 4.69) is 10.2 Å². The summed E-state index contributed by atoms with van der Waals surface area (Å²) in [5, 5.41) is 1.01. The van der Waals surface area contributed by atoms with Gasteiger partial charge in [-0.1, -0.05) is 48.2 Å². The third kappa shape index (κ3) is 3.96. The fraction of sp³-hybridized carbons (Fsp3) is 0.133. The zero-order valence-corrected chi connectivity index (χ0v) is 13.7. The molecule has 2 amide bonds. The Balaban J connectivity index is 2.16. The second-order valence-corrected chi connectivity index (χ2v) is 6.10. The minimum absolute atomic E-state index is 0.258. The van der Waals surface area contributed by atoms with Crippen LogP contribution in [0.3, 0.4) is 0 Å². The van der Waals surface area contributed by atoms with Crippen molar-refractivity contribution in [2.24, 2.45) is 0 Å². The van der Waals surface area contributed by atoms with Gasteiger partial charge in [0, 0.05) is 0 Å². The topological polar surface area (TPSA) is 58.6 Å². The van der Waals surface area contributed by atoms with Crippen molar-refractivity contribution in [3.63, 3.8) is 0 Å². The molecule has 0 aliphatic carbocycles. The molecule has 0 unspecified atom stereocenters. The van der Waals surface area contributed by atoms with E-state index in [1.54, 1.807) is 6.08 Å². The van der Waals surface area contributed by atoms with Crippen LogP contribution in [0.5, 0.6) is 0 Å². The molecule has 1 N–H and O–H groups in total. The maximum absolute atomic E-state index is 12.2. The Morgan fingerprint density at radius 3 is 2.68 bits per heavy atom. The molecule has 1 saturated heterocycles. The van der Waals surface area contributed by atoms with Crippen molar-refractivity contribution in [2.45, 2.75) is 6.92 Å². The van der Waals surface area contributed by atoms with E-state index in [0.29, 0.717) is 4.91 Å². The number of ether oxygens (including phenoxy) is 1. The van der Waals surface area contributed by atoms with Crippen LogP contribution in [-0.4, -0.2) is 28.4 Å². The summed E-state index contributed by atoms with van der Waals surface area (Å²) in [4.78, 5) is 23.9. The number of hydrazine groups is 1. The number of amides is 2. The molecule has 7 heteroatoms. The number of benzene rings is 1. The number of hydrogen-bond donors (Lipinski definition) is 1. The van der Waals surface area contributed by atoms with Gasteiger partial charge >= 0.3 is 6.09 Å². The summed E-state index contributed by atoms with van der Waals surface area (Å²) in [5.41, 5.74) is 4.23. The molecule has 0 spiro atoms. The van der Waals surface area contributed by atoms with E-state index in [-0.39, 0.29) is 10.2 Å². The van der Waals surface area contributed by atoms with E-state index in [1.807, 2.05) is 43.3 Å². The number of rotatable bonds is 3. The van der Waals surface area contributed by atoms with Gasteiger partial charge in [0.15, 0.2) is 4.32 Å². The molecule has 2 rings (SSSR count). The number of carbonyl (C=O) groups is 2. The third-order valence-corrected chi connectivity index (χ3v) is 4.04. The number of nitrogens with one attached hydrogen (secondary N) is 1. The molecule has 0 aromatic heterocycles. The molecule has 1 aliphatic rings. The normalized spacial score (nSPS) is 17.1. The highest BCUT2D eigenvalue weighted by Gasteiger charge is 2.33. The largest absolute Gasteiger partial charge is 0.452 e. The van der Waals surface area contributed by atoms with E-state index in [9.17, 15) is 9.59 Å². The number of hydrogen-bond acceptors (Lipinski definition) is 5. The molecule has 1 aromatic rings. The van der Waals surface area contributed by atoms with Gasteiger partial charge in [-0.05, 0) is 36.4 Å². The van der Waals surface area contributed by atoms with Crippen LogP contribution in [0.15, 0.2) is 46.9 Å². The zero-order valence-electron chi connectivity index (χ0n) is 12.0. The van der Waals surface area contributed by atoms with Crippen LogP contribution in [0.4, 0.5) is 4.79 Å². The fourth-order valence-corrected chi connectivity index (χ4v) is 2.99. The molecule has 5 nitrogen and oxygen atoms in total. The molecule has 22 heavy (non-hydrogen) atoms. The first-order valence-electron chi connectivity index (χ1n) is 6.37. The Labute approximate surface area is 138 Å². The summed E-state index contributed by atoms with van der Waals surface area (Å²) in [7, 11) is 1.22. The van der Waals surface area contributed by atoms with Crippen LogP contribution in [0.2, 0.25) is 0 Å². The Bertz CT molecular complexity index is 669. The minimum atomic E-state index is -0.742. The highest BCUT2D eigenvalue weighted by atomic mass is 32.2. The van der Waals surface area contributed by atoms with Crippen molar-refractivity contribution in [1.29, 1.82) is 0 Å². The van der Waals surface area contributed by atoms with Crippen molar-refractivity contribution >= 4 is 46.4 Å². The molecule has 1 heterocycles. The van der Waals surface area contributed by atoms with Crippen LogP contribution >= 0.6 is 24.0 Å². The van der Waals surface area contributed by atoms with E-state index in [0.717, 1.165) is 27.9 Å². The van der Waals surface area contributed by atoms with E-state index in [4.69, 9.17) is 12.2 Å².